The average molecular weight is 1250 g/mol. The molecule has 0 heterocycles. The first kappa shape index (κ1) is 66.4. The predicted molar refractivity (Wildman–Crippen MR) is 307 cm³/mol. The van der Waals surface area contributed by atoms with Crippen molar-refractivity contribution < 1.29 is 72.2 Å². The molecule has 0 unspecified atom stereocenters. The lowest BCUT2D eigenvalue weighted by Crippen LogP contribution is -2.51. The van der Waals surface area contributed by atoms with Crippen molar-refractivity contribution in [2.45, 2.75) is 114 Å². The molecule has 2 atom stereocenters. The van der Waals surface area contributed by atoms with Gasteiger partial charge in [0.2, 0.25) is 0 Å². The molecule has 0 spiro atoms. The van der Waals surface area contributed by atoms with Crippen molar-refractivity contribution in [1.29, 1.82) is 0 Å². The molecule has 0 aromatic heterocycles. The topological polar surface area (TPSA) is 214 Å². The summed E-state index contributed by atoms with van der Waals surface area (Å²) in [4.78, 5) is 50.8. The third kappa shape index (κ3) is 19.9. The molecular weight excluding hydrogens is 1190 g/mol. The number of unbranched alkanes of at least 4 members (excludes halogenated alkanes) is 2. The van der Waals surface area contributed by atoms with Crippen molar-refractivity contribution in [3.63, 3.8) is 0 Å². The van der Waals surface area contributed by atoms with E-state index in [9.17, 15) is 67.5 Å². The predicted octanol–water partition coefficient (Wildman–Crippen LogP) is 11.9. The number of aliphatic carboxylic acids is 1. The zero-order valence-electron chi connectivity index (χ0n) is 44.3. The highest BCUT2D eigenvalue weighted by Crippen LogP contribution is 2.47. The number of anilines is 2. The number of amides is 2. The summed E-state index contributed by atoms with van der Waals surface area (Å²) < 4.78 is 129. The number of hydrogen-bond acceptors (Lipinski definition) is 11. The number of methoxy groups -OCH3 is 1. The van der Waals surface area contributed by atoms with E-state index in [1.165, 1.54) is 31.8 Å². The monoisotopic (exact) mass is 1250 g/mol. The van der Waals surface area contributed by atoms with E-state index >= 15 is 0 Å². The van der Waals surface area contributed by atoms with Crippen LogP contribution in [0.5, 0.6) is 0 Å². The number of nitrogens with one attached hydrogen (secondary N) is 4. The molecule has 4 aromatic rings. The molecule has 26 heteroatoms. The third-order valence-electron chi connectivity index (χ3n) is 14.2. The minimum atomic E-state index is -4.63. The van der Waals surface area contributed by atoms with Gasteiger partial charge < -0.3 is 31.1 Å². The molecule has 5 N–H and O–H groups in total. The van der Waals surface area contributed by atoms with Crippen LogP contribution in [0.2, 0.25) is 10.0 Å². The normalized spacial score (nSPS) is 15.4. The maximum atomic E-state index is 13.1. The van der Waals surface area contributed by atoms with E-state index in [1.54, 1.807) is 36.4 Å². The number of thiocarbonyl (C=S) groups is 2. The minimum absolute atomic E-state index is 0.0906. The highest BCUT2D eigenvalue weighted by atomic mass is 35.5. The largest absolute Gasteiger partial charge is 0.480 e. The van der Waals surface area contributed by atoms with Crippen LogP contribution in [0.3, 0.4) is 0 Å². The summed E-state index contributed by atoms with van der Waals surface area (Å²) in [5, 5.41) is 20.8. The van der Waals surface area contributed by atoms with Crippen molar-refractivity contribution in [2.75, 3.05) is 41.8 Å². The van der Waals surface area contributed by atoms with E-state index in [0.29, 0.717) is 71.2 Å². The van der Waals surface area contributed by atoms with E-state index in [4.69, 9.17) is 52.4 Å². The first-order chi connectivity index (χ1) is 37.7. The number of esters is 1. The molecule has 0 radical (unpaired) electrons. The Bertz CT molecular complexity index is 3160. The summed E-state index contributed by atoms with van der Waals surface area (Å²) >= 11 is 23.2. The maximum absolute atomic E-state index is 13.1. The van der Waals surface area contributed by atoms with Crippen LogP contribution in [-0.4, -0.2) is 98.9 Å². The fourth-order valence-electron chi connectivity index (χ4n) is 9.27. The average Bonchev–Trinajstić information content (AvgIpc) is 3.45. The number of sulfone groups is 2. The zero-order valence-corrected chi connectivity index (χ0v) is 49.1. The molecule has 6 rings (SSSR count). The molecule has 4 aromatic carbocycles. The van der Waals surface area contributed by atoms with E-state index in [-0.39, 0.29) is 56.3 Å². The third-order valence-corrected chi connectivity index (χ3v) is 18.0. The summed E-state index contributed by atoms with van der Waals surface area (Å²) in [6.45, 7) is 0. The van der Waals surface area contributed by atoms with E-state index in [1.807, 2.05) is 0 Å². The van der Waals surface area contributed by atoms with Gasteiger partial charge in [-0.15, -0.1) is 0 Å². The van der Waals surface area contributed by atoms with Gasteiger partial charge in [-0.2, -0.15) is 26.3 Å². The van der Waals surface area contributed by atoms with Crippen LogP contribution in [-0.2, 0) is 59.2 Å². The van der Waals surface area contributed by atoms with Crippen molar-refractivity contribution in [2.24, 2.45) is 10.8 Å². The second kappa shape index (κ2) is 28.3. The Morgan fingerprint density at radius 1 is 0.605 bits per heavy atom. The van der Waals surface area contributed by atoms with E-state index in [0.717, 1.165) is 74.8 Å². The van der Waals surface area contributed by atoms with Crippen LogP contribution in [0.15, 0.2) is 84.9 Å². The molecule has 0 aliphatic heterocycles. The van der Waals surface area contributed by atoms with Gasteiger partial charge in [0.1, 0.15) is 31.8 Å². The van der Waals surface area contributed by atoms with Gasteiger partial charge in [0.05, 0.1) is 49.4 Å². The molecule has 2 saturated carbocycles. The van der Waals surface area contributed by atoms with Crippen LogP contribution in [0.25, 0.3) is 0 Å². The van der Waals surface area contributed by atoms with Gasteiger partial charge in [0.15, 0.2) is 0 Å². The smallest absolute Gasteiger partial charge is 0.416 e. The lowest BCUT2D eigenvalue weighted by atomic mass is 9.65. The zero-order chi connectivity index (χ0) is 60.1. The number of hydrogen-bond donors (Lipinski definition) is 5. The van der Waals surface area contributed by atoms with E-state index in [2.05, 4.69) is 21.3 Å². The summed E-state index contributed by atoms with van der Waals surface area (Å²) in [6.07, 6.45) is 2.64. The number of carbonyl (C=O) groups is 4. The molecular formula is C55H62Cl2F6N4O10S4. The second-order valence-electron chi connectivity index (χ2n) is 20.5. The van der Waals surface area contributed by atoms with Crippen LogP contribution < -0.4 is 21.3 Å². The number of alkyl halides is 6. The summed E-state index contributed by atoms with van der Waals surface area (Å²) in [6, 6.07) is 15.9. The maximum Gasteiger partial charge on any atom is 0.416 e. The van der Waals surface area contributed by atoms with Crippen LogP contribution >= 0.6 is 47.6 Å². The van der Waals surface area contributed by atoms with Crippen molar-refractivity contribution in [3.8, 4) is 0 Å². The fourth-order valence-corrected chi connectivity index (χ4v) is 12.0. The number of rotatable bonds is 24. The number of carboxylic acids is 1. The number of ether oxygens (including phenoxy) is 1. The molecule has 14 nitrogen and oxygen atoms in total. The first-order valence-electron chi connectivity index (χ1n) is 25.6. The van der Waals surface area contributed by atoms with Crippen molar-refractivity contribution >= 4 is 112 Å². The molecule has 2 fully saturated rings. The standard InChI is InChI=1S/C28H32ClF3N2O5S2.C27H30ClF3N2O5S2/c1-39-25(36)23(34-26(40)27(13-5-14-27)12-3-4-15-41(2,37)38)16-18-6-9-20(10-7-18)33-24(35)21-17-19(28(30,31)32)8-11-22(21)29;1-40(37,38)14-3-2-11-26(12-4-13-26)25(39)33-22(24(35)36)15-17-5-8-19(9-6-17)32-23(34)20-16-18(27(29,30)31)7-10-21(20)28/h6-11,17,23H,3-5,12-16H2,1-2H3,(H,33,35)(H,34,40);5-10,16,22H,2-4,11-15H2,1H3,(H,32,34)(H,33,39)(H,35,36)/t23-;22-/m00/s1. The Morgan fingerprint density at radius 2 is 0.963 bits per heavy atom. The molecule has 81 heavy (non-hydrogen) atoms. The molecule has 442 valence electrons. The van der Waals surface area contributed by atoms with Crippen LogP contribution in [0, 0.1) is 10.8 Å². The molecule has 2 aliphatic carbocycles. The Balaban J connectivity index is 0.000000297. The van der Waals surface area contributed by atoms with Gasteiger partial charge in [-0.3, -0.25) is 9.59 Å². The van der Waals surface area contributed by atoms with Gasteiger partial charge in [-0.25, -0.2) is 26.4 Å². The van der Waals surface area contributed by atoms with Crippen LogP contribution in [0.1, 0.15) is 120 Å². The fraction of sp³-hybridized carbons (Fsp3) is 0.455. The van der Waals surface area contributed by atoms with Crippen molar-refractivity contribution in [1.82, 2.24) is 10.6 Å². The second-order valence-corrected chi connectivity index (χ2v) is 26.6. The lowest BCUT2D eigenvalue weighted by molar-refractivity contribution is -0.143. The van der Waals surface area contributed by atoms with E-state index < -0.39 is 79.0 Å². The number of carbonyl (C=O) groups excluding carboxylic acids is 3. The van der Waals surface area contributed by atoms with Gasteiger partial charge in [-0.1, -0.05) is 97.6 Å². The number of carboxylic acid groups (broad SMARTS) is 1. The number of benzene rings is 4. The molecule has 2 amide bonds. The first-order valence-corrected chi connectivity index (χ1v) is 31.2. The summed E-state index contributed by atoms with van der Waals surface area (Å²) in [5.41, 5.74) is -1.26. The molecule has 2 aliphatic rings. The Kier molecular flexibility index (Phi) is 23.2. The SMILES string of the molecule is COC(=O)[C@H](Cc1ccc(NC(=O)c2cc(C(F)(F)F)ccc2Cl)cc1)NC(=S)C1(CCCCS(C)(=O)=O)CCC1.CS(=O)(=O)CCCCC1(C(=S)N[C@@H](Cc2ccc(NC(=O)c3cc(C(F)(F)F)ccc3Cl)cc2)C(=O)O)CCC1. The van der Waals surface area contributed by atoms with Gasteiger partial charge in [0, 0.05) is 59.1 Å². The molecule has 0 saturated heterocycles. The van der Waals surface area contributed by atoms with Crippen LogP contribution in [0.4, 0.5) is 37.7 Å². The summed E-state index contributed by atoms with van der Waals surface area (Å²) in [5.74, 6) is -2.99. The Labute approximate surface area is 487 Å². The lowest BCUT2D eigenvalue weighted by Gasteiger charge is -2.43. The highest BCUT2D eigenvalue weighted by Gasteiger charge is 2.43. The van der Waals surface area contributed by atoms with Crippen molar-refractivity contribution in [3.05, 3.63) is 128 Å². The minimum Gasteiger partial charge on any atom is -0.480 e. The Hall–Kier alpha value is -5.40. The Morgan fingerprint density at radius 3 is 1.27 bits per heavy atom. The van der Waals surface area contributed by atoms with Gasteiger partial charge in [-0.05, 0) is 123 Å². The van der Waals surface area contributed by atoms with Gasteiger partial charge in [0.25, 0.3) is 11.8 Å². The quantitative estimate of drug-likeness (QED) is 0.0191. The van der Waals surface area contributed by atoms with Gasteiger partial charge >= 0.3 is 24.3 Å². The molecule has 0 bridgehead atoms. The highest BCUT2D eigenvalue weighted by molar-refractivity contribution is 7.90. The number of halogens is 8. The summed E-state index contributed by atoms with van der Waals surface area (Å²) in [7, 11) is -4.80.